The largest absolute Gasteiger partial charge is 0.366 e. The van der Waals surface area contributed by atoms with Gasteiger partial charge in [0.05, 0.1) is 11.7 Å². The van der Waals surface area contributed by atoms with Crippen molar-refractivity contribution in [3.8, 4) is 0 Å². The predicted molar refractivity (Wildman–Crippen MR) is 50.3 cm³/mol. The SMILES string of the molecule is CC12CCC(C1)C1C2CC2OC21C. The summed E-state index contributed by atoms with van der Waals surface area (Å²) in [5, 5.41) is 0. The lowest BCUT2D eigenvalue weighted by Crippen LogP contribution is -2.32. The Morgan fingerprint density at radius 2 is 2.15 bits per heavy atom. The first-order chi connectivity index (χ1) is 6.13. The van der Waals surface area contributed by atoms with Gasteiger partial charge < -0.3 is 4.74 Å². The Labute approximate surface area is 79.8 Å². The topological polar surface area (TPSA) is 12.5 Å². The van der Waals surface area contributed by atoms with E-state index in [0.717, 1.165) is 23.2 Å². The summed E-state index contributed by atoms with van der Waals surface area (Å²) in [6.07, 6.45) is 6.54. The van der Waals surface area contributed by atoms with Gasteiger partial charge in [0, 0.05) is 0 Å². The Kier molecular flexibility index (Phi) is 0.959. The van der Waals surface area contributed by atoms with E-state index in [1.807, 2.05) is 0 Å². The van der Waals surface area contributed by atoms with Crippen LogP contribution in [-0.4, -0.2) is 11.7 Å². The third-order valence-corrected chi connectivity index (χ3v) is 5.76. The first kappa shape index (κ1) is 7.28. The smallest absolute Gasteiger partial charge is 0.0954 e. The Morgan fingerprint density at radius 1 is 1.31 bits per heavy atom. The van der Waals surface area contributed by atoms with Gasteiger partial charge in [0.2, 0.25) is 0 Å². The highest BCUT2D eigenvalue weighted by atomic mass is 16.6. The zero-order chi connectivity index (χ0) is 8.84. The summed E-state index contributed by atoms with van der Waals surface area (Å²) in [4.78, 5) is 0. The molecule has 13 heavy (non-hydrogen) atoms. The zero-order valence-corrected chi connectivity index (χ0v) is 8.55. The summed E-state index contributed by atoms with van der Waals surface area (Å²) in [7, 11) is 0. The number of ether oxygens (including phenoxy) is 1. The van der Waals surface area contributed by atoms with E-state index >= 15 is 0 Å². The van der Waals surface area contributed by atoms with Crippen molar-refractivity contribution in [2.75, 3.05) is 0 Å². The molecule has 0 spiro atoms. The summed E-state index contributed by atoms with van der Waals surface area (Å²) in [6.45, 7) is 4.90. The van der Waals surface area contributed by atoms with Gasteiger partial charge in [-0.2, -0.15) is 0 Å². The Bertz CT molecular complexity index is 287. The van der Waals surface area contributed by atoms with Gasteiger partial charge in [-0.25, -0.2) is 0 Å². The Hall–Kier alpha value is -0.0400. The van der Waals surface area contributed by atoms with Crippen molar-refractivity contribution in [3.05, 3.63) is 0 Å². The average molecular weight is 178 g/mol. The summed E-state index contributed by atoms with van der Waals surface area (Å²) in [5.74, 6) is 2.98. The minimum atomic E-state index is 0.341. The molecular weight excluding hydrogens is 160 g/mol. The molecule has 2 bridgehead atoms. The molecule has 1 heteroatoms. The van der Waals surface area contributed by atoms with Gasteiger partial charge in [-0.15, -0.1) is 0 Å². The zero-order valence-electron chi connectivity index (χ0n) is 8.55. The summed E-state index contributed by atoms with van der Waals surface area (Å²) in [6, 6.07) is 0. The maximum Gasteiger partial charge on any atom is 0.0954 e. The van der Waals surface area contributed by atoms with Gasteiger partial charge in [0.15, 0.2) is 0 Å². The molecule has 3 saturated carbocycles. The maximum atomic E-state index is 5.85. The molecule has 0 amide bonds. The third-order valence-electron chi connectivity index (χ3n) is 5.76. The van der Waals surface area contributed by atoms with E-state index in [9.17, 15) is 0 Å². The van der Waals surface area contributed by atoms with Gasteiger partial charge in [-0.05, 0) is 55.8 Å². The van der Waals surface area contributed by atoms with Crippen LogP contribution < -0.4 is 0 Å². The second-order valence-corrected chi connectivity index (χ2v) is 6.32. The van der Waals surface area contributed by atoms with Crippen LogP contribution in [0.2, 0.25) is 0 Å². The lowest BCUT2D eigenvalue weighted by Gasteiger charge is -2.35. The minimum absolute atomic E-state index is 0.341. The molecular formula is C12H18O. The van der Waals surface area contributed by atoms with E-state index in [4.69, 9.17) is 4.74 Å². The summed E-state index contributed by atoms with van der Waals surface area (Å²) < 4.78 is 5.85. The van der Waals surface area contributed by atoms with Gasteiger partial charge in [0.25, 0.3) is 0 Å². The van der Waals surface area contributed by atoms with Crippen LogP contribution in [0.1, 0.15) is 39.5 Å². The fourth-order valence-corrected chi connectivity index (χ4v) is 5.10. The van der Waals surface area contributed by atoms with Crippen LogP contribution in [0.3, 0.4) is 0 Å². The standard InChI is InChI=1S/C12H18O/c1-11-4-3-7(6-11)10-8(11)5-9-12(10,2)13-9/h7-10H,3-6H2,1-2H3. The summed E-state index contributed by atoms with van der Waals surface area (Å²) in [5.41, 5.74) is 1.06. The fourth-order valence-electron chi connectivity index (χ4n) is 5.10. The fraction of sp³-hybridized carbons (Fsp3) is 1.00. The first-order valence-corrected chi connectivity index (χ1v) is 5.81. The summed E-state index contributed by atoms with van der Waals surface area (Å²) >= 11 is 0. The number of hydrogen-bond donors (Lipinski definition) is 0. The molecule has 0 aromatic rings. The molecule has 6 unspecified atom stereocenters. The predicted octanol–water partition coefficient (Wildman–Crippen LogP) is 2.60. The van der Waals surface area contributed by atoms with Crippen LogP contribution in [0.4, 0.5) is 0 Å². The van der Waals surface area contributed by atoms with Gasteiger partial charge in [0.1, 0.15) is 0 Å². The van der Waals surface area contributed by atoms with E-state index in [1.165, 1.54) is 25.7 Å². The highest BCUT2D eigenvalue weighted by molar-refractivity contribution is 5.22. The van der Waals surface area contributed by atoms with Crippen LogP contribution in [0, 0.1) is 23.2 Å². The second kappa shape index (κ2) is 1.71. The molecule has 1 saturated heterocycles. The van der Waals surface area contributed by atoms with Crippen molar-refractivity contribution >= 4 is 0 Å². The lowest BCUT2D eigenvalue weighted by molar-refractivity contribution is 0.0693. The van der Waals surface area contributed by atoms with E-state index in [-0.39, 0.29) is 0 Å². The molecule has 1 heterocycles. The number of rotatable bonds is 0. The van der Waals surface area contributed by atoms with Crippen molar-refractivity contribution in [2.24, 2.45) is 23.2 Å². The van der Waals surface area contributed by atoms with Crippen molar-refractivity contribution in [3.63, 3.8) is 0 Å². The van der Waals surface area contributed by atoms with E-state index in [1.54, 1.807) is 0 Å². The molecule has 0 aromatic carbocycles. The maximum absolute atomic E-state index is 5.85. The molecule has 3 aliphatic carbocycles. The quantitative estimate of drug-likeness (QED) is 0.519. The molecule has 1 aliphatic heterocycles. The van der Waals surface area contributed by atoms with Crippen LogP contribution >= 0.6 is 0 Å². The number of epoxide rings is 1. The van der Waals surface area contributed by atoms with E-state index in [0.29, 0.717) is 11.7 Å². The molecule has 4 aliphatic rings. The second-order valence-electron chi connectivity index (χ2n) is 6.32. The van der Waals surface area contributed by atoms with Gasteiger partial charge in [-0.1, -0.05) is 6.92 Å². The monoisotopic (exact) mass is 178 g/mol. The highest BCUT2D eigenvalue weighted by Gasteiger charge is 2.74. The van der Waals surface area contributed by atoms with Crippen LogP contribution in [-0.2, 0) is 4.74 Å². The highest BCUT2D eigenvalue weighted by Crippen LogP contribution is 2.73. The van der Waals surface area contributed by atoms with Crippen LogP contribution in [0.25, 0.3) is 0 Å². The molecule has 0 N–H and O–H groups in total. The third kappa shape index (κ3) is 0.614. The molecule has 1 nitrogen and oxygen atoms in total. The lowest BCUT2D eigenvalue weighted by atomic mass is 9.71. The van der Waals surface area contributed by atoms with E-state index < -0.39 is 0 Å². The Morgan fingerprint density at radius 3 is 2.92 bits per heavy atom. The first-order valence-electron chi connectivity index (χ1n) is 5.81. The van der Waals surface area contributed by atoms with Gasteiger partial charge in [-0.3, -0.25) is 0 Å². The average Bonchev–Trinajstić information content (AvgIpc) is 2.48. The van der Waals surface area contributed by atoms with Crippen molar-refractivity contribution in [1.29, 1.82) is 0 Å². The minimum Gasteiger partial charge on any atom is -0.366 e. The molecule has 6 atom stereocenters. The molecule has 72 valence electrons. The molecule has 0 aromatic heterocycles. The van der Waals surface area contributed by atoms with Crippen molar-refractivity contribution in [1.82, 2.24) is 0 Å². The van der Waals surface area contributed by atoms with Crippen molar-refractivity contribution < 1.29 is 4.74 Å². The Balaban J connectivity index is 1.81. The molecule has 4 fully saturated rings. The van der Waals surface area contributed by atoms with Crippen molar-refractivity contribution in [2.45, 2.75) is 51.2 Å². The normalized spacial score (nSPS) is 72.5. The van der Waals surface area contributed by atoms with E-state index in [2.05, 4.69) is 13.8 Å². The van der Waals surface area contributed by atoms with Crippen LogP contribution in [0.15, 0.2) is 0 Å². The molecule has 4 rings (SSSR count). The van der Waals surface area contributed by atoms with Crippen LogP contribution in [0.5, 0.6) is 0 Å². The van der Waals surface area contributed by atoms with Gasteiger partial charge >= 0.3 is 0 Å². The molecule has 0 radical (unpaired) electrons. The number of hydrogen-bond acceptors (Lipinski definition) is 1. The number of fused-ring (bicyclic) bond motifs is 7.